The Morgan fingerprint density at radius 3 is 2.77 bits per heavy atom. The molecule has 0 N–H and O–H groups in total. The Morgan fingerprint density at radius 2 is 2.00 bits per heavy atom. The van der Waals surface area contributed by atoms with Gasteiger partial charge >= 0.3 is 5.97 Å². The van der Waals surface area contributed by atoms with Crippen molar-refractivity contribution in [2.45, 2.75) is 25.6 Å². The summed E-state index contributed by atoms with van der Waals surface area (Å²) in [6.07, 6.45) is 1.16. The van der Waals surface area contributed by atoms with Gasteiger partial charge in [-0.05, 0) is 35.2 Å². The number of cyclic esters (lactones) is 1. The maximum Gasteiger partial charge on any atom is 0.339 e. The lowest BCUT2D eigenvalue weighted by Crippen LogP contribution is -2.43. The first-order valence-corrected chi connectivity index (χ1v) is 9.21. The predicted molar refractivity (Wildman–Crippen MR) is 96.6 cm³/mol. The fourth-order valence-corrected chi connectivity index (χ4v) is 3.79. The molecule has 1 atom stereocenters. The molecule has 1 unspecified atom stereocenters. The Labute approximate surface area is 154 Å². The standard InChI is InChI=1S/C20H17NO4S/c22-19(18-11-14-5-1-2-8-17(14)20(23)25-18)21(12-15-6-3-9-24-15)13-16-7-4-10-26-16/h1-10,18H,11-13H2. The zero-order chi connectivity index (χ0) is 17.9. The predicted octanol–water partition coefficient (Wildman–Crippen LogP) is 3.65. The number of amides is 1. The van der Waals surface area contributed by atoms with Gasteiger partial charge in [0.15, 0.2) is 6.10 Å². The van der Waals surface area contributed by atoms with Crippen LogP contribution in [0.15, 0.2) is 64.6 Å². The lowest BCUT2D eigenvalue weighted by Gasteiger charge is -2.29. The number of ether oxygens (including phenoxy) is 1. The third-order valence-corrected chi connectivity index (χ3v) is 5.19. The molecule has 3 aromatic rings. The minimum Gasteiger partial charge on any atom is -0.467 e. The van der Waals surface area contributed by atoms with E-state index in [1.54, 1.807) is 40.7 Å². The van der Waals surface area contributed by atoms with Crippen LogP contribution < -0.4 is 0 Å². The third-order valence-electron chi connectivity index (χ3n) is 4.33. The van der Waals surface area contributed by atoms with Gasteiger partial charge in [0.1, 0.15) is 5.76 Å². The summed E-state index contributed by atoms with van der Waals surface area (Å²) < 4.78 is 10.8. The largest absolute Gasteiger partial charge is 0.467 e. The van der Waals surface area contributed by atoms with Crippen LogP contribution in [-0.2, 0) is 29.0 Å². The highest BCUT2D eigenvalue weighted by molar-refractivity contribution is 7.09. The van der Waals surface area contributed by atoms with Gasteiger partial charge in [0.25, 0.3) is 5.91 Å². The van der Waals surface area contributed by atoms with Crippen LogP contribution in [0.4, 0.5) is 0 Å². The highest BCUT2D eigenvalue weighted by Crippen LogP contribution is 2.23. The lowest BCUT2D eigenvalue weighted by atomic mass is 9.98. The van der Waals surface area contributed by atoms with Crippen molar-refractivity contribution in [3.8, 4) is 0 Å². The van der Waals surface area contributed by atoms with Gasteiger partial charge < -0.3 is 14.1 Å². The Kier molecular flexibility index (Phi) is 4.58. The van der Waals surface area contributed by atoms with Crippen LogP contribution in [0.1, 0.15) is 26.6 Å². The summed E-state index contributed by atoms with van der Waals surface area (Å²) in [6.45, 7) is 0.784. The second-order valence-corrected chi connectivity index (χ2v) is 7.14. The van der Waals surface area contributed by atoms with Gasteiger partial charge in [-0.1, -0.05) is 24.3 Å². The first-order chi connectivity index (χ1) is 12.7. The quantitative estimate of drug-likeness (QED) is 0.646. The summed E-state index contributed by atoms with van der Waals surface area (Å²) in [7, 11) is 0. The van der Waals surface area contributed by atoms with Crippen molar-refractivity contribution in [3.63, 3.8) is 0 Å². The molecule has 0 saturated carbocycles. The molecule has 26 heavy (non-hydrogen) atoms. The summed E-state index contributed by atoms with van der Waals surface area (Å²) in [5.41, 5.74) is 1.38. The van der Waals surface area contributed by atoms with E-state index >= 15 is 0 Å². The highest BCUT2D eigenvalue weighted by Gasteiger charge is 2.34. The maximum atomic E-state index is 13.1. The maximum absolute atomic E-state index is 13.1. The molecule has 0 fully saturated rings. The average molecular weight is 367 g/mol. The van der Waals surface area contributed by atoms with Gasteiger partial charge in [-0.3, -0.25) is 4.79 Å². The smallest absolute Gasteiger partial charge is 0.339 e. The van der Waals surface area contributed by atoms with Crippen molar-refractivity contribution in [2.75, 3.05) is 0 Å². The van der Waals surface area contributed by atoms with Gasteiger partial charge in [-0.25, -0.2) is 4.79 Å². The van der Waals surface area contributed by atoms with Gasteiger partial charge in [-0.2, -0.15) is 0 Å². The van der Waals surface area contributed by atoms with E-state index in [4.69, 9.17) is 9.15 Å². The van der Waals surface area contributed by atoms with Crippen LogP contribution >= 0.6 is 11.3 Å². The molecular weight excluding hydrogens is 350 g/mol. The molecule has 2 aromatic heterocycles. The second-order valence-electron chi connectivity index (χ2n) is 6.11. The summed E-state index contributed by atoms with van der Waals surface area (Å²) in [6, 6.07) is 14.8. The van der Waals surface area contributed by atoms with E-state index in [-0.39, 0.29) is 5.91 Å². The number of benzene rings is 1. The van der Waals surface area contributed by atoms with Gasteiger partial charge in [-0.15, -0.1) is 11.3 Å². The summed E-state index contributed by atoms with van der Waals surface area (Å²) >= 11 is 1.58. The van der Waals surface area contributed by atoms with Crippen molar-refractivity contribution in [2.24, 2.45) is 0 Å². The molecule has 1 aliphatic rings. The van der Waals surface area contributed by atoms with E-state index in [2.05, 4.69) is 0 Å². The zero-order valence-electron chi connectivity index (χ0n) is 14.0. The van der Waals surface area contributed by atoms with Crippen molar-refractivity contribution < 1.29 is 18.7 Å². The van der Waals surface area contributed by atoms with E-state index < -0.39 is 12.1 Å². The van der Waals surface area contributed by atoms with E-state index in [0.29, 0.717) is 30.8 Å². The number of hydrogen-bond donors (Lipinski definition) is 0. The molecule has 0 spiro atoms. The molecule has 1 aliphatic heterocycles. The first-order valence-electron chi connectivity index (χ1n) is 8.33. The van der Waals surface area contributed by atoms with Crippen molar-refractivity contribution in [1.82, 2.24) is 4.90 Å². The average Bonchev–Trinajstić information content (AvgIpc) is 3.34. The van der Waals surface area contributed by atoms with Crippen LogP contribution in [0.25, 0.3) is 0 Å². The summed E-state index contributed by atoms with van der Waals surface area (Å²) in [5.74, 6) is 0.0365. The van der Waals surface area contributed by atoms with Crippen molar-refractivity contribution >= 4 is 23.2 Å². The number of nitrogens with zero attached hydrogens (tertiary/aromatic N) is 1. The monoisotopic (exact) mass is 367 g/mol. The number of hydrogen-bond acceptors (Lipinski definition) is 5. The van der Waals surface area contributed by atoms with Gasteiger partial charge in [0.05, 0.1) is 24.9 Å². The van der Waals surface area contributed by atoms with Crippen molar-refractivity contribution in [3.05, 3.63) is 81.9 Å². The number of carbonyl (C=O) groups excluding carboxylic acids is 2. The zero-order valence-corrected chi connectivity index (χ0v) is 14.8. The molecule has 1 aromatic carbocycles. The fraction of sp³-hybridized carbons (Fsp3) is 0.200. The number of furan rings is 1. The molecule has 0 saturated heterocycles. The Balaban J connectivity index is 1.57. The molecule has 0 bridgehead atoms. The number of esters is 1. The molecule has 0 radical (unpaired) electrons. The summed E-state index contributed by atoms with van der Waals surface area (Å²) in [4.78, 5) is 28.1. The molecule has 1 amide bonds. The highest BCUT2D eigenvalue weighted by atomic mass is 32.1. The van der Waals surface area contributed by atoms with Crippen LogP contribution in [-0.4, -0.2) is 22.9 Å². The molecular formula is C20H17NO4S. The van der Waals surface area contributed by atoms with E-state index in [0.717, 1.165) is 10.4 Å². The van der Waals surface area contributed by atoms with E-state index in [1.807, 2.05) is 35.7 Å². The van der Waals surface area contributed by atoms with Crippen LogP contribution in [0.5, 0.6) is 0 Å². The number of fused-ring (bicyclic) bond motifs is 1. The third kappa shape index (κ3) is 3.41. The molecule has 3 heterocycles. The first kappa shape index (κ1) is 16.6. The fourth-order valence-electron chi connectivity index (χ4n) is 3.07. The molecule has 4 rings (SSSR count). The number of carbonyl (C=O) groups is 2. The van der Waals surface area contributed by atoms with Gasteiger partial charge in [0.2, 0.25) is 0 Å². The van der Waals surface area contributed by atoms with Crippen LogP contribution in [0, 0.1) is 0 Å². The Morgan fingerprint density at radius 1 is 1.12 bits per heavy atom. The number of rotatable bonds is 5. The van der Waals surface area contributed by atoms with E-state index in [1.165, 1.54) is 0 Å². The normalized spacial score (nSPS) is 16.0. The second kappa shape index (κ2) is 7.17. The minimum absolute atomic E-state index is 0.211. The minimum atomic E-state index is -0.813. The van der Waals surface area contributed by atoms with E-state index in [9.17, 15) is 9.59 Å². The molecule has 5 nitrogen and oxygen atoms in total. The molecule has 6 heteroatoms. The SMILES string of the molecule is O=C1OC(C(=O)N(Cc2ccco2)Cc2cccs2)Cc2ccccc21. The Hall–Kier alpha value is -2.86. The topological polar surface area (TPSA) is 59.8 Å². The summed E-state index contributed by atoms with van der Waals surface area (Å²) in [5, 5.41) is 1.97. The van der Waals surface area contributed by atoms with Crippen LogP contribution in [0.3, 0.4) is 0 Å². The van der Waals surface area contributed by atoms with Crippen LogP contribution in [0.2, 0.25) is 0 Å². The molecule has 132 valence electrons. The Bertz CT molecular complexity index is 866. The molecule has 0 aliphatic carbocycles. The van der Waals surface area contributed by atoms with Gasteiger partial charge in [0, 0.05) is 11.3 Å². The van der Waals surface area contributed by atoms with Crippen molar-refractivity contribution in [1.29, 1.82) is 0 Å². The lowest BCUT2D eigenvalue weighted by molar-refractivity contribution is -0.142. The number of thiophene rings is 1.